The van der Waals surface area contributed by atoms with Gasteiger partial charge in [-0.15, -0.1) is 0 Å². The third-order valence-corrected chi connectivity index (χ3v) is 5.41. The molecule has 3 rings (SSSR count). The minimum absolute atomic E-state index is 0.0332. The molecule has 1 heterocycles. The van der Waals surface area contributed by atoms with Crippen molar-refractivity contribution in [2.24, 2.45) is 5.92 Å². The Morgan fingerprint density at radius 1 is 1.06 bits per heavy atom. The minimum Gasteiger partial charge on any atom is -0.480 e. The number of carbonyl (C=O) groups excluding carboxylic acids is 3. The van der Waals surface area contributed by atoms with Crippen molar-refractivity contribution < 1.29 is 24.3 Å². The third kappa shape index (κ3) is 5.09. The zero-order valence-corrected chi connectivity index (χ0v) is 17.4. The first-order valence-corrected chi connectivity index (χ1v) is 9.99. The number of nitrogens with zero attached hydrogens (tertiary/aromatic N) is 1. The van der Waals surface area contributed by atoms with E-state index in [0.717, 1.165) is 5.56 Å². The molecule has 2 aromatic rings. The molecule has 8 heteroatoms. The topological polar surface area (TPSA) is 116 Å². The number of hydrogen-bond donors (Lipinski definition) is 3. The van der Waals surface area contributed by atoms with Crippen molar-refractivity contribution >= 4 is 29.4 Å². The van der Waals surface area contributed by atoms with E-state index in [9.17, 15) is 24.3 Å². The van der Waals surface area contributed by atoms with Crippen molar-refractivity contribution in [3.63, 3.8) is 0 Å². The van der Waals surface area contributed by atoms with Crippen LogP contribution in [0.5, 0.6) is 0 Å². The maximum atomic E-state index is 13.0. The number of carbonyl (C=O) groups is 4. The van der Waals surface area contributed by atoms with E-state index in [1.807, 2.05) is 13.0 Å². The van der Waals surface area contributed by atoms with Crippen molar-refractivity contribution in [1.82, 2.24) is 10.2 Å². The van der Waals surface area contributed by atoms with Crippen LogP contribution in [0.15, 0.2) is 54.6 Å². The number of carboxylic acid groups (broad SMARTS) is 1. The number of benzene rings is 2. The fraction of sp³-hybridized carbons (Fsp3) is 0.304. The Bertz CT molecular complexity index is 992. The summed E-state index contributed by atoms with van der Waals surface area (Å²) >= 11 is 0. The average Bonchev–Trinajstić information content (AvgIpc) is 3.14. The Morgan fingerprint density at radius 2 is 1.77 bits per heavy atom. The summed E-state index contributed by atoms with van der Waals surface area (Å²) in [4.78, 5) is 50.6. The van der Waals surface area contributed by atoms with Gasteiger partial charge in [-0.3, -0.25) is 9.59 Å². The van der Waals surface area contributed by atoms with Gasteiger partial charge in [0, 0.05) is 11.6 Å². The normalized spacial score (nSPS) is 20.2. The monoisotopic (exact) mass is 423 g/mol. The summed E-state index contributed by atoms with van der Waals surface area (Å²) in [5.74, 6) is -2.55. The van der Waals surface area contributed by atoms with Crippen molar-refractivity contribution in [3.8, 4) is 0 Å². The fourth-order valence-electron chi connectivity index (χ4n) is 4.00. The molecule has 2 aromatic carbocycles. The molecule has 0 spiro atoms. The van der Waals surface area contributed by atoms with Crippen LogP contribution in [-0.2, 0) is 14.4 Å². The van der Waals surface area contributed by atoms with Gasteiger partial charge in [0.05, 0.1) is 12.6 Å². The smallest absolute Gasteiger partial charge is 0.326 e. The second kappa shape index (κ2) is 9.42. The minimum atomic E-state index is -1.18. The van der Waals surface area contributed by atoms with Crippen LogP contribution in [0, 0.1) is 12.8 Å². The molecule has 162 valence electrons. The van der Waals surface area contributed by atoms with Crippen molar-refractivity contribution in [2.75, 3.05) is 11.9 Å². The lowest BCUT2D eigenvalue weighted by Crippen LogP contribution is -2.47. The summed E-state index contributed by atoms with van der Waals surface area (Å²) in [6, 6.07) is 13.7. The molecule has 3 unspecified atom stereocenters. The number of amides is 3. The van der Waals surface area contributed by atoms with Crippen molar-refractivity contribution in [3.05, 3.63) is 65.7 Å². The Hall–Kier alpha value is -3.68. The van der Waals surface area contributed by atoms with Crippen LogP contribution < -0.4 is 10.6 Å². The van der Waals surface area contributed by atoms with E-state index in [1.54, 1.807) is 48.5 Å². The molecule has 0 radical (unpaired) electrons. The molecule has 0 bridgehead atoms. The second-order valence-corrected chi connectivity index (χ2v) is 7.64. The maximum absolute atomic E-state index is 13.0. The molecule has 0 aliphatic carbocycles. The van der Waals surface area contributed by atoms with Crippen LogP contribution in [0.3, 0.4) is 0 Å². The highest BCUT2D eigenvalue weighted by Crippen LogP contribution is 2.41. The number of hydrogen-bond acceptors (Lipinski definition) is 4. The predicted octanol–water partition coefficient (Wildman–Crippen LogP) is 2.75. The molecule has 1 aliphatic rings. The third-order valence-electron chi connectivity index (χ3n) is 5.41. The van der Waals surface area contributed by atoms with Crippen LogP contribution in [0.25, 0.3) is 0 Å². The number of urea groups is 1. The Morgan fingerprint density at radius 3 is 2.39 bits per heavy atom. The van der Waals surface area contributed by atoms with E-state index < -0.39 is 42.5 Å². The van der Waals surface area contributed by atoms with E-state index in [2.05, 4.69) is 10.6 Å². The predicted molar refractivity (Wildman–Crippen MR) is 114 cm³/mol. The number of ketones is 1. The SMILES string of the molecule is CC(=O)C1CC(C(=O)O)N(C(=O)CNC(=O)Nc2cccc(C)c2)C1c1ccccc1. The number of carboxylic acids is 1. The van der Waals surface area contributed by atoms with Crippen molar-refractivity contribution in [1.29, 1.82) is 0 Å². The molecule has 1 saturated heterocycles. The van der Waals surface area contributed by atoms with Gasteiger partial charge >= 0.3 is 12.0 Å². The Kier molecular flexibility index (Phi) is 6.69. The van der Waals surface area contributed by atoms with Gasteiger partial charge in [0.25, 0.3) is 0 Å². The molecule has 8 nitrogen and oxygen atoms in total. The van der Waals surface area contributed by atoms with Crippen LogP contribution in [0.1, 0.15) is 30.5 Å². The van der Waals surface area contributed by atoms with Crippen LogP contribution in [0.4, 0.5) is 10.5 Å². The number of aliphatic carboxylic acids is 1. The van der Waals surface area contributed by atoms with Gasteiger partial charge in [-0.05, 0) is 43.5 Å². The van der Waals surface area contributed by atoms with Crippen LogP contribution >= 0.6 is 0 Å². The molecule has 3 amide bonds. The molecule has 1 fully saturated rings. The van der Waals surface area contributed by atoms with Crippen molar-refractivity contribution in [2.45, 2.75) is 32.4 Å². The summed E-state index contributed by atoms with van der Waals surface area (Å²) in [6.07, 6.45) is 0.0332. The number of nitrogens with one attached hydrogen (secondary N) is 2. The molecular formula is C23H25N3O5. The first kappa shape index (κ1) is 22.0. The summed E-state index contributed by atoms with van der Waals surface area (Å²) in [5.41, 5.74) is 2.23. The fourth-order valence-corrected chi connectivity index (χ4v) is 4.00. The lowest BCUT2D eigenvalue weighted by Gasteiger charge is -2.30. The summed E-state index contributed by atoms with van der Waals surface area (Å²) < 4.78 is 0. The zero-order valence-electron chi connectivity index (χ0n) is 17.4. The van der Waals surface area contributed by atoms with Gasteiger partial charge in [-0.1, -0.05) is 42.5 Å². The molecule has 0 saturated carbocycles. The molecule has 3 atom stereocenters. The molecule has 31 heavy (non-hydrogen) atoms. The second-order valence-electron chi connectivity index (χ2n) is 7.64. The van der Waals surface area contributed by atoms with E-state index >= 15 is 0 Å². The first-order valence-electron chi connectivity index (χ1n) is 9.99. The van der Waals surface area contributed by atoms with Crippen LogP contribution in [-0.4, -0.2) is 46.3 Å². The highest BCUT2D eigenvalue weighted by molar-refractivity contribution is 5.94. The molecule has 0 aromatic heterocycles. The quantitative estimate of drug-likeness (QED) is 0.661. The highest BCUT2D eigenvalue weighted by Gasteiger charge is 2.49. The number of Topliss-reactive ketones (excluding diaryl/α,β-unsaturated/α-hetero) is 1. The summed E-state index contributed by atoms with van der Waals surface area (Å²) in [6.45, 7) is 2.90. The first-order chi connectivity index (χ1) is 14.8. The molecule has 3 N–H and O–H groups in total. The van der Waals surface area contributed by atoms with Gasteiger partial charge < -0.3 is 20.6 Å². The van der Waals surface area contributed by atoms with Crippen LogP contribution in [0.2, 0.25) is 0 Å². The van der Waals surface area contributed by atoms with E-state index in [4.69, 9.17) is 0 Å². The van der Waals surface area contributed by atoms with Gasteiger partial charge in [0.15, 0.2) is 0 Å². The van der Waals surface area contributed by atoms with Gasteiger partial charge in [0.1, 0.15) is 11.8 Å². The lowest BCUT2D eigenvalue weighted by molar-refractivity contribution is -0.149. The highest BCUT2D eigenvalue weighted by atomic mass is 16.4. The standard InChI is InChI=1S/C23H25N3O5/c1-14-7-6-10-17(11-14)25-23(31)24-13-20(28)26-19(22(29)30)12-18(15(2)27)21(26)16-8-4-3-5-9-16/h3-11,18-19,21H,12-13H2,1-2H3,(H,29,30)(H2,24,25,31). The van der Waals surface area contributed by atoms with E-state index in [0.29, 0.717) is 11.3 Å². The number of rotatable bonds is 6. The van der Waals surface area contributed by atoms with E-state index in [-0.39, 0.29) is 12.2 Å². The summed E-state index contributed by atoms with van der Waals surface area (Å²) in [5, 5.41) is 14.8. The molecular weight excluding hydrogens is 398 g/mol. The zero-order chi connectivity index (χ0) is 22.5. The Labute approximate surface area is 180 Å². The van der Waals surface area contributed by atoms with E-state index in [1.165, 1.54) is 11.8 Å². The summed E-state index contributed by atoms with van der Waals surface area (Å²) in [7, 11) is 0. The lowest BCUT2D eigenvalue weighted by atomic mass is 9.90. The molecule has 1 aliphatic heterocycles. The number of anilines is 1. The largest absolute Gasteiger partial charge is 0.480 e. The van der Waals surface area contributed by atoms with Gasteiger partial charge in [0.2, 0.25) is 5.91 Å². The number of aryl methyl sites for hydroxylation is 1. The van der Waals surface area contributed by atoms with Gasteiger partial charge in [-0.2, -0.15) is 0 Å². The van der Waals surface area contributed by atoms with Gasteiger partial charge in [-0.25, -0.2) is 9.59 Å². The maximum Gasteiger partial charge on any atom is 0.326 e. The average molecular weight is 423 g/mol. The number of likely N-dealkylation sites (tertiary alicyclic amines) is 1. The Balaban J connectivity index is 1.77.